The third-order valence-corrected chi connectivity index (χ3v) is 4.67. The van der Waals surface area contributed by atoms with Gasteiger partial charge in [-0.1, -0.05) is 26.0 Å². The Labute approximate surface area is 126 Å². The van der Waals surface area contributed by atoms with E-state index in [2.05, 4.69) is 19.2 Å². The maximum absolute atomic E-state index is 12.2. The van der Waals surface area contributed by atoms with Gasteiger partial charge < -0.3 is 10.2 Å². The van der Waals surface area contributed by atoms with E-state index >= 15 is 0 Å². The Morgan fingerprint density at radius 3 is 2.60 bits per heavy atom. The molecule has 1 aromatic rings. The number of piperidine rings is 1. The molecule has 1 aliphatic heterocycles. The lowest BCUT2D eigenvalue weighted by Crippen LogP contribution is -3.15. The Morgan fingerprint density at radius 1 is 1.30 bits per heavy atom. The van der Waals surface area contributed by atoms with E-state index < -0.39 is 0 Å². The number of carbonyl (C=O) groups excluding carboxylic acids is 1. The zero-order valence-corrected chi connectivity index (χ0v) is 13.4. The fourth-order valence-corrected chi connectivity index (χ4v) is 3.79. The van der Waals surface area contributed by atoms with E-state index in [1.807, 2.05) is 30.5 Å². The van der Waals surface area contributed by atoms with Gasteiger partial charge in [0, 0.05) is 16.7 Å². The number of quaternary nitrogens is 1. The number of anilines is 1. The highest BCUT2D eigenvalue weighted by molar-refractivity contribution is 7.98. The van der Waals surface area contributed by atoms with Crippen LogP contribution in [0.3, 0.4) is 0 Å². The van der Waals surface area contributed by atoms with E-state index in [0.717, 1.165) is 35.5 Å². The van der Waals surface area contributed by atoms with Crippen LogP contribution < -0.4 is 10.2 Å². The fraction of sp³-hybridized carbons (Fsp3) is 0.562. The molecule has 1 aromatic carbocycles. The average Bonchev–Trinajstić information content (AvgIpc) is 2.37. The second-order valence-corrected chi connectivity index (χ2v) is 6.88. The van der Waals surface area contributed by atoms with Crippen molar-refractivity contribution in [2.24, 2.45) is 11.8 Å². The summed E-state index contributed by atoms with van der Waals surface area (Å²) in [7, 11) is 0. The number of rotatable bonds is 4. The predicted molar refractivity (Wildman–Crippen MR) is 85.4 cm³/mol. The van der Waals surface area contributed by atoms with Crippen LogP contribution in [-0.4, -0.2) is 31.8 Å². The molecular formula is C16H25N2OS+. The zero-order valence-electron chi connectivity index (χ0n) is 12.6. The molecule has 0 unspecified atom stereocenters. The van der Waals surface area contributed by atoms with Crippen LogP contribution in [0, 0.1) is 11.8 Å². The normalized spacial score (nSPS) is 26.2. The van der Waals surface area contributed by atoms with Crippen molar-refractivity contribution >= 4 is 23.4 Å². The van der Waals surface area contributed by atoms with Crippen molar-refractivity contribution in [2.75, 3.05) is 31.2 Å². The van der Waals surface area contributed by atoms with Gasteiger partial charge in [0.25, 0.3) is 5.91 Å². The monoisotopic (exact) mass is 293 g/mol. The summed E-state index contributed by atoms with van der Waals surface area (Å²) in [6.45, 7) is 7.38. The van der Waals surface area contributed by atoms with E-state index in [-0.39, 0.29) is 5.91 Å². The third kappa shape index (κ3) is 4.25. The molecule has 0 aliphatic carbocycles. The number of likely N-dealkylation sites (tertiary alicyclic amines) is 1. The first-order chi connectivity index (χ1) is 9.58. The maximum Gasteiger partial charge on any atom is 0.279 e. The molecule has 1 heterocycles. The van der Waals surface area contributed by atoms with Crippen LogP contribution in [0.4, 0.5) is 5.69 Å². The summed E-state index contributed by atoms with van der Waals surface area (Å²) in [4.78, 5) is 14.8. The van der Waals surface area contributed by atoms with Crippen molar-refractivity contribution in [1.29, 1.82) is 0 Å². The lowest BCUT2D eigenvalue weighted by atomic mass is 9.92. The number of benzene rings is 1. The van der Waals surface area contributed by atoms with E-state index in [1.54, 1.807) is 11.8 Å². The molecule has 1 fully saturated rings. The fourth-order valence-electron chi connectivity index (χ4n) is 3.24. The summed E-state index contributed by atoms with van der Waals surface area (Å²) in [5.41, 5.74) is 0.933. The van der Waals surface area contributed by atoms with Crippen molar-refractivity contribution in [3.8, 4) is 0 Å². The van der Waals surface area contributed by atoms with Crippen LogP contribution in [0.5, 0.6) is 0 Å². The Hall–Kier alpha value is -1.00. The Morgan fingerprint density at radius 2 is 1.95 bits per heavy atom. The minimum Gasteiger partial charge on any atom is -0.327 e. The van der Waals surface area contributed by atoms with Crippen molar-refractivity contribution in [3.05, 3.63) is 24.3 Å². The molecular weight excluding hydrogens is 268 g/mol. The molecule has 2 atom stereocenters. The second kappa shape index (κ2) is 7.14. The summed E-state index contributed by atoms with van der Waals surface area (Å²) in [6, 6.07) is 7.98. The molecule has 0 bridgehead atoms. The highest BCUT2D eigenvalue weighted by Gasteiger charge is 2.26. The minimum atomic E-state index is 0.128. The Kier molecular flexibility index (Phi) is 5.49. The molecule has 2 rings (SSSR count). The van der Waals surface area contributed by atoms with Crippen LogP contribution in [-0.2, 0) is 4.79 Å². The maximum atomic E-state index is 12.2. The van der Waals surface area contributed by atoms with Crippen LogP contribution in [0.1, 0.15) is 20.3 Å². The Bertz CT molecular complexity index is 454. The molecule has 20 heavy (non-hydrogen) atoms. The quantitative estimate of drug-likeness (QED) is 0.832. The number of hydrogen-bond acceptors (Lipinski definition) is 2. The van der Waals surface area contributed by atoms with Gasteiger partial charge in [0.05, 0.1) is 18.8 Å². The van der Waals surface area contributed by atoms with E-state index in [0.29, 0.717) is 6.54 Å². The van der Waals surface area contributed by atoms with Gasteiger partial charge in [-0.2, -0.15) is 0 Å². The number of amides is 1. The molecule has 110 valence electrons. The van der Waals surface area contributed by atoms with E-state index in [4.69, 9.17) is 0 Å². The van der Waals surface area contributed by atoms with Crippen LogP contribution in [0.15, 0.2) is 29.2 Å². The van der Waals surface area contributed by atoms with Gasteiger partial charge in [-0.25, -0.2) is 0 Å². The van der Waals surface area contributed by atoms with Crippen molar-refractivity contribution in [2.45, 2.75) is 25.2 Å². The number of hydrogen-bond donors (Lipinski definition) is 2. The number of nitrogens with one attached hydrogen (secondary N) is 2. The molecule has 4 heteroatoms. The van der Waals surface area contributed by atoms with Gasteiger partial charge in [0.15, 0.2) is 6.54 Å². The van der Waals surface area contributed by atoms with Gasteiger partial charge in [0.1, 0.15) is 0 Å². The first-order valence-electron chi connectivity index (χ1n) is 7.35. The molecule has 1 saturated heterocycles. The van der Waals surface area contributed by atoms with E-state index in [1.165, 1.54) is 11.3 Å². The van der Waals surface area contributed by atoms with Crippen LogP contribution >= 0.6 is 11.8 Å². The minimum absolute atomic E-state index is 0.128. The van der Waals surface area contributed by atoms with Crippen molar-refractivity contribution < 1.29 is 9.69 Å². The molecule has 0 saturated carbocycles. The lowest BCUT2D eigenvalue weighted by Gasteiger charge is -2.31. The zero-order chi connectivity index (χ0) is 14.5. The second-order valence-electron chi connectivity index (χ2n) is 6.03. The van der Waals surface area contributed by atoms with Gasteiger partial charge in [-0.05, 0) is 24.8 Å². The topological polar surface area (TPSA) is 33.5 Å². The Balaban J connectivity index is 1.92. The standard InChI is InChI=1S/C16H24N2OS/c1-12-8-13(2)10-18(9-12)11-16(19)17-14-6-4-5-7-15(14)20-3/h4-7,12-13H,8-11H2,1-3H3,(H,17,19)/p+1/t12-,13-/m1/s1. The summed E-state index contributed by atoms with van der Waals surface area (Å²) >= 11 is 1.66. The van der Waals surface area contributed by atoms with Crippen molar-refractivity contribution in [3.63, 3.8) is 0 Å². The molecule has 0 radical (unpaired) electrons. The SMILES string of the molecule is CSc1ccccc1NC(=O)C[NH+]1C[C@H](C)C[C@@H](C)C1. The summed E-state index contributed by atoms with van der Waals surface area (Å²) in [5.74, 6) is 1.57. The lowest BCUT2D eigenvalue weighted by molar-refractivity contribution is -0.904. The third-order valence-electron chi connectivity index (χ3n) is 3.87. The van der Waals surface area contributed by atoms with Crippen LogP contribution in [0.25, 0.3) is 0 Å². The number of thioether (sulfide) groups is 1. The molecule has 0 aromatic heterocycles. The highest BCUT2D eigenvalue weighted by Crippen LogP contribution is 2.24. The smallest absolute Gasteiger partial charge is 0.279 e. The average molecular weight is 293 g/mol. The molecule has 1 aliphatic rings. The molecule has 3 nitrogen and oxygen atoms in total. The van der Waals surface area contributed by atoms with E-state index in [9.17, 15) is 4.79 Å². The number of carbonyl (C=O) groups is 1. The van der Waals surface area contributed by atoms with Crippen molar-refractivity contribution in [1.82, 2.24) is 0 Å². The highest BCUT2D eigenvalue weighted by atomic mass is 32.2. The number of para-hydroxylation sites is 1. The molecule has 1 amide bonds. The summed E-state index contributed by atoms with van der Waals surface area (Å²) in [5, 5.41) is 3.06. The van der Waals surface area contributed by atoms with Gasteiger partial charge in [-0.15, -0.1) is 11.8 Å². The molecule has 2 N–H and O–H groups in total. The molecule has 0 spiro atoms. The summed E-state index contributed by atoms with van der Waals surface area (Å²) < 4.78 is 0. The van der Waals surface area contributed by atoms with Gasteiger partial charge in [-0.3, -0.25) is 4.79 Å². The van der Waals surface area contributed by atoms with Gasteiger partial charge in [0.2, 0.25) is 0 Å². The largest absolute Gasteiger partial charge is 0.327 e. The predicted octanol–water partition coefficient (Wildman–Crippen LogP) is 1.91. The van der Waals surface area contributed by atoms with Crippen LogP contribution in [0.2, 0.25) is 0 Å². The first kappa shape index (κ1) is 15.4. The first-order valence-corrected chi connectivity index (χ1v) is 8.57. The van der Waals surface area contributed by atoms with Gasteiger partial charge >= 0.3 is 0 Å². The summed E-state index contributed by atoms with van der Waals surface area (Å²) in [6.07, 6.45) is 3.32.